The van der Waals surface area contributed by atoms with Gasteiger partial charge in [0.05, 0.1) is 11.9 Å². The van der Waals surface area contributed by atoms with E-state index < -0.39 is 0 Å². The zero-order valence-electron chi connectivity index (χ0n) is 8.90. The first-order valence-electron chi connectivity index (χ1n) is 4.76. The molecule has 0 radical (unpaired) electrons. The number of rotatable bonds is 4. The van der Waals surface area contributed by atoms with Gasteiger partial charge < -0.3 is 10.5 Å². The summed E-state index contributed by atoms with van der Waals surface area (Å²) < 4.78 is 5.01. The minimum absolute atomic E-state index is 0.0565. The van der Waals surface area contributed by atoms with Gasteiger partial charge >= 0.3 is 5.97 Å². The second kappa shape index (κ2) is 5.66. The fraction of sp³-hybridized carbons (Fsp3) is 0.364. The lowest BCUT2D eigenvalue weighted by molar-refractivity contribution is -0.144. The van der Waals surface area contributed by atoms with Crippen LogP contribution in [0.1, 0.15) is 13.8 Å². The molecule has 1 aromatic rings. The predicted molar refractivity (Wildman–Crippen MR) is 62.8 cm³/mol. The number of benzene rings is 1. The van der Waals surface area contributed by atoms with Crippen molar-refractivity contribution in [2.75, 3.05) is 11.5 Å². The van der Waals surface area contributed by atoms with Crippen LogP contribution in [0.5, 0.6) is 0 Å². The summed E-state index contributed by atoms with van der Waals surface area (Å²) in [7, 11) is 0. The lowest BCUT2D eigenvalue weighted by Gasteiger charge is -2.07. The molecule has 0 aliphatic carbocycles. The van der Waals surface area contributed by atoms with Gasteiger partial charge in [0, 0.05) is 10.6 Å². The quantitative estimate of drug-likeness (QED) is 0.485. The topological polar surface area (TPSA) is 52.3 Å². The third kappa shape index (κ3) is 4.74. The second-order valence-electron chi connectivity index (χ2n) is 3.40. The molecular formula is C11H15NO2S. The molecule has 82 valence electrons. The number of nitrogens with two attached hydrogens (primary N) is 1. The third-order valence-electron chi connectivity index (χ3n) is 1.58. The number of esters is 1. The fourth-order valence-corrected chi connectivity index (χ4v) is 1.79. The number of hydrogen-bond acceptors (Lipinski definition) is 4. The van der Waals surface area contributed by atoms with Gasteiger partial charge in [-0.1, -0.05) is 6.07 Å². The van der Waals surface area contributed by atoms with Crippen molar-refractivity contribution < 1.29 is 9.53 Å². The second-order valence-corrected chi connectivity index (χ2v) is 4.45. The number of hydrogen-bond donors (Lipinski definition) is 1. The van der Waals surface area contributed by atoms with Crippen molar-refractivity contribution in [1.82, 2.24) is 0 Å². The van der Waals surface area contributed by atoms with E-state index in [9.17, 15) is 4.79 Å². The Morgan fingerprint density at radius 3 is 2.87 bits per heavy atom. The monoisotopic (exact) mass is 225 g/mol. The van der Waals surface area contributed by atoms with E-state index >= 15 is 0 Å². The minimum Gasteiger partial charge on any atom is -0.462 e. The van der Waals surface area contributed by atoms with Gasteiger partial charge in [-0.15, -0.1) is 11.8 Å². The molecular weight excluding hydrogens is 210 g/mol. The smallest absolute Gasteiger partial charge is 0.316 e. The summed E-state index contributed by atoms with van der Waals surface area (Å²) in [6.07, 6.45) is -0.0565. The molecule has 0 saturated heterocycles. The van der Waals surface area contributed by atoms with Gasteiger partial charge in [-0.3, -0.25) is 4.79 Å². The molecule has 0 spiro atoms. The van der Waals surface area contributed by atoms with Crippen LogP contribution < -0.4 is 5.73 Å². The van der Waals surface area contributed by atoms with Crippen molar-refractivity contribution >= 4 is 23.4 Å². The van der Waals surface area contributed by atoms with E-state index in [-0.39, 0.29) is 12.1 Å². The number of ether oxygens (including phenoxy) is 1. The molecule has 0 aliphatic rings. The summed E-state index contributed by atoms with van der Waals surface area (Å²) >= 11 is 1.43. The molecule has 1 aromatic carbocycles. The number of carbonyl (C=O) groups excluding carboxylic acids is 1. The van der Waals surface area contributed by atoms with Gasteiger partial charge in [-0.25, -0.2) is 0 Å². The highest BCUT2D eigenvalue weighted by Gasteiger charge is 2.06. The number of carbonyl (C=O) groups is 1. The van der Waals surface area contributed by atoms with E-state index in [1.165, 1.54) is 11.8 Å². The van der Waals surface area contributed by atoms with E-state index in [0.717, 1.165) is 4.90 Å². The highest BCUT2D eigenvalue weighted by Crippen LogP contribution is 2.20. The van der Waals surface area contributed by atoms with E-state index in [1.54, 1.807) is 0 Å². The lowest BCUT2D eigenvalue weighted by Crippen LogP contribution is -2.13. The Bertz CT molecular complexity index is 339. The number of thioether (sulfide) groups is 1. The van der Waals surface area contributed by atoms with Crippen LogP contribution in [0.3, 0.4) is 0 Å². The van der Waals surface area contributed by atoms with Crippen molar-refractivity contribution in [3.8, 4) is 0 Å². The van der Waals surface area contributed by atoms with Crippen molar-refractivity contribution in [2.45, 2.75) is 24.8 Å². The van der Waals surface area contributed by atoms with E-state index in [0.29, 0.717) is 11.4 Å². The Balaban J connectivity index is 2.40. The maximum Gasteiger partial charge on any atom is 0.316 e. The van der Waals surface area contributed by atoms with Gasteiger partial charge in [0.2, 0.25) is 0 Å². The Morgan fingerprint density at radius 2 is 2.27 bits per heavy atom. The summed E-state index contributed by atoms with van der Waals surface area (Å²) in [5.74, 6) is 0.124. The average molecular weight is 225 g/mol. The molecule has 0 saturated carbocycles. The Labute approximate surface area is 94.0 Å². The highest BCUT2D eigenvalue weighted by molar-refractivity contribution is 8.00. The summed E-state index contributed by atoms with van der Waals surface area (Å²) in [6, 6.07) is 7.44. The fourth-order valence-electron chi connectivity index (χ4n) is 1.04. The van der Waals surface area contributed by atoms with Gasteiger partial charge in [0.15, 0.2) is 0 Å². The molecule has 0 amide bonds. The number of anilines is 1. The van der Waals surface area contributed by atoms with Gasteiger partial charge in [0.1, 0.15) is 0 Å². The average Bonchev–Trinajstić information content (AvgIpc) is 2.14. The standard InChI is InChI=1S/C11H15NO2S/c1-8(2)14-11(13)7-15-10-5-3-4-9(12)6-10/h3-6,8H,7,12H2,1-2H3. The molecule has 0 heterocycles. The van der Waals surface area contributed by atoms with Crippen LogP contribution in [-0.4, -0.2) is 17.8 Å². The van der Waals surface area contributed by atoms with Crippen LogP contribution in [0, 0.1) is 0 Å². The van der Waals surface area contributed by atoms with Crippen LogP contribution >= 0.6 is 11.8 Å². The predicted octanol–water partition coefficient (Wildman–Crippen LogP) is 2.31. The first-order chi connectivity index (χ1) is 7.08. The first-order valence-corrected chi connectivity index (χ1v) is 5.74. The normalized spacial score (nSPS) is 10.3. The van der Waals surface area contributed by atoms with Gasteiger partial charge in [0.25, 0.3) is 0 Å². The van der Waals surface area contributed by atoms with E-state index in [1.807, 2.05) is 38.1 Å². The zero-order chi connectivity index (χ0) is 11.3. The maximum absolute atomic E-state index is 11.2. The Morgan fingerprint density at radius 1 is 1.53 bits per heavy atom. The van der Waals surface area contributed by atoms with Gasteiger partial charge in [-0.05, 0) is 32.0 Å². The molecule has 0 aliphatic heterocycles. The molecule has 3 nitrogen and oxygen atoms in total. The molecule has 0 atom stereocenters. The van der Waals surface area contributed by atoms with Crippen LogP contribution in [0.4, 0.5) is 5.69 Å². The van der Waals surface area contributed by atoms with Crippen molar-refractivity contribution in [3.63, 3.8) is 0 Å². The van der Waals surface area contributed by atoms with Gasteiger partial charge in [-0.2, -0.15) is 0 Å². The van der Waals surface area contributed by atoms with E-state index in [4.69, 9.17) is 10.5 Å². The highest BCUT2D eigenvalue weighted by atomic mass is 32.2. The summed E-state index contributed by atoms with van der Waals surface area (Å²) in [4.78, 5) is 12.2. The van der Waals surface area contributed by atoms with Crippen LogP contribution in [0.2, 0.25) is 0 Å². The number of nitrogen functional groups attached to an aromatic ring is 1. The summed E-state index contributed by atoms with van der Waals surface area (Å²) in [5.41, 5.74) is 6.32. The zero-order valence-corrected chi connectivity index (χ0v) is 9.71. The molecule has 0 unspecified atom stereocenters. The van der Waals surface area contributed by atoms with Crippen molar-refractivity contribution in [1.29, 1.82) is 0 Å². The molecule has 1 rings (SSSR count). The summed E-state index contributed by atoms with van der Waals surface area (Å²) in [5, 5.41) is 0. The van der Waals surface area contributed by atoms with Crippen molar-refractivity contribution in [2.24, 2.45) is 0 Å². The van der Waals surface area contributed by atoms with Crippen LogP contribution in [-0.2, 0) is 9.53 Å². The first kappa shape index (κ1) is 11.9. The molecule has 4 heteroatoms. The molecule has 0 fully saturated rings. The molecule has 0 aromatic heterocycles. The molecule has 0 bridgehead atoms. The van der Waals surface area contributed by atoms with E-state index in [2.05, 4.69) is 0 Å². The molecule has 15 heavy (non-hydrogen) atoms. The maximum atomic E-state index is 11.2. The molecule has 2 N–H and O–H groups in total. The SMILES string of the molecule is CC(C)OC(=O)CSc1cccc(N)c1. The van der Waals surface area contributed by atoms with Crippen LogP contribution in [0.15, 0.2) is 29.2 Å². The summed E-state index contributed by atoms with van der Waals surface area (Å²) in [6.45, 7) is 3.67. The minimum atomic E-state index is -0.197. The van der Waals surface area contributed by atoms with Crippen LogP contribution in [0.25, 0.3) is 0 Å². The Kier molecular flexibility index (Phi) is 4.49. The largest absolute Gasteiger partial charge is 0.462 e. The van der Waals surface area contributed by atoms with Crippen molar-refractivity contribution in [3.05, 3.63) is 24.3 Å². The third-order valence-corrected chi connectivity index (χ3v) is 2.55. The lowest BCUT2D eigenvalue weighted by atomic mass is 10.3. The Hall–Kier alpha value is -1.16.